The topological polar surface area (TPSA) is 79.8 Å². The number of pyridine rings is 1. The van der Waals surface area contributed by atoms with Gasteiger partial charge < -0.3 is 9.64 Å². The van der Waals surface area contributed by atoms with Crippen LogP contribution in [0.2, 0.25) is 0 Å². The van der Waals surface area contributed by atoms with Crippen molar-refractivity contribution in [3.63, 3.8) is 0 Å². The standard InChI is InChI=1S/C17H15N3O4/c1-10-5-6-11-3-2-4-13(15(11)18-10)16(22)19-7-12(8-19)20-14(21)9-24-17(20)23/h2-6,12H,7-9H2,1H3. The summed E-state index contributed by atoms with van der Waals surface area (Å²) in [4.78, 5) is 43.1. The minimum absolute atomic E-state index is 0.144. The lowest BCUT2D eigenvalue weighted by Gasteiger charge is -2.42. The number of nitrogens with zero attached hydrogens (tertiary/aromatic N) is 3. The average Bonchev–Trinajstić information content (AvgIpc) is 2.85. The van der Waals surface area contributed by atoms with Gasteiger partial charge in [-0.25, -0.2) is 9.69 Å². The average molecular weight is 325 g/mol. The van der Waals surface area contributed by atoms with Gasteiger partial charge >= 0.3 is 6.09 Å². The molecule has 2 aliphatic heterocycles. The molecule has 0 N–H and O–H groups in total. The van der Waals surface area contributed by atoms with E-state index in [0.717, 1.165) is 16.0 Å². The Morgan fingerprint density at radius 1 is 1.21 bits per heavy atom. The number of amides is 3. The van der Waals surface area contributed by atoms with Gasteiger partial charge in [0.2, 0.25) is 0 Å². The smallest absolute Gasteiger partial charge is 0.417 e. The van der Waals surface area contributed by atoms with Crippen molar-refractivity contribution in [3.05, 3.63) is 41.6 Å². The second kappa shape index (κ2) is 5.30. The van der Waals surface area contributed by atoms with Gasteiger partial charge in [-0.3, -0.25) is 14.6 Å². The number of imide groups is 1. The molecule has 0 aliphatic carbocycles. The summed E-state index contributed by atoms with van der Waals surface area (Å²) in [6.07, 6.45) is -0.625. The highest BCUT2D eigenvalue weighted by Crippen LogP contribution is 2.24. The van der Waals surface area contributed by atoms with Crippen LogP contribution in [0, 0.1) is 6.92 Å². The predicted octanol–water partition coefficient (Wildman–Crippen LogP) is 1.35. The third-order valence-electron chi connectivity index (χ3n) is 4.39. The number of hydrogen-bond acceptors (Lipinski definition) is 5. The summed E-state index contributed by atoms with van der Waals surface area (Å²) in [5.41, 5.74) is 2.04. The molecular weight excluding hydrogens is 310 g/mol. The molecule has 2 aromatic rings. The molecule has 0 unspecified atom stereocenters. The fourth-order valence-corrected chi connectivity index (χ4v) is 3.09. The van der Waals surface area contributed by atoms with E-state index in [1.165, 1.54) is 0 Å². The third-order valence-corrected chi connectivity index (χ3v) is 4.39. The highest BCUT2D eigenvalue weighted by Gasteiger charge is 2.44. The molecule has 4 rings (SSSR count). The van der Waals surface area contributed by atoms with Gasteiger partial charge in [0.05, 0.1) is 17.1 Å². The molecule has 0 saturated carbocycles. The molecule has 2 saturated heterocycles. The maximum Gasteiger partial charge on any atom is 0.417 e. The van der Waals surface area contributed by atoms with Crippen LogP contribution in [0.4, 0.5) is 4.79 Å². The Hall–Kier alpha value is -2.96. The van der Waals surface area contributed by atoms with E-state index in [0.29, 0.717) is 24.2 Å². The van der Waals surface area contributed by atoms with Crippen LogP contribution < -0.4 is 0 Å². The number of fused-ring (bicyclic) bond motifs is 1. The first-order chi connectivity index (χ1) is 11.5. The third kappa shape index (κ3) is 2.20. The second-order valence-electron chi connectivity index (χ2n) is 6.01. The van der Waals surface area contributed by atoms with E-state index in [2.05, 4.69) is 4.98 Å². The lowest BCUT2D eigenvalue weighted by atomic mass is 10.0. The molecule has 2 fully saturated rings. The number of ether oxygens (including phenoxy) is 1. The predicted molar refractivity (Wildman–Crippen MR) is 84.4 cm³/mol. The number of para-hydroxylation sites is 1. The van der Waals surface area contributed by atoms with Crippen LogP contribution in [0.25, 0.3) is 10.9 Å². The number of rotatable bonds is 2. The number of cyclic esters (lactones) is 1. The highest BCUT2D eigenvalue weighted by molar-refractivity contribution is 6.06. The summed E-state index contributed by atoms with van der Waals surface area (Å²) in [7, 11) is 0. The van der Waals surface area contributed by atoms with Crippen LogP contribution in [0.15, 0.2) is 30.3 Å². The Morgan fingerprint density at radius 3 is 2.71 bits per heavy atom. The van der Waals surface area contributed by atoms with Crippen molar-refractivity contribution < 1.29 is 19.1 Å². The molecule has 2 aliphatic rings. The van der Waals surface area contributed by atoms with Gasteiger partial charge in [0.15, 0.2) is 6.61 Å². The van der Waals surface area contributed by atoms with Crippen LogP contribution in [-0.4, -0.2) is 58.4 Å². The zero-order valence-electron chi connectivity index (χ0n) is 13.1. The molecule has 7 heteroatoms. The Kier molecular flexibility index (Phi) is 3.23. The molecule has 24 heavy (non-hydrogen) atoms. The lowest BCUT2D eigenvalue weighted by molar-refractivity contribution is -0.129. The van der Waals surface area contributed by atoms with Crippen molar-refractivity contribution in [3.8, 4) is 0 Å². The monoisotopic (exact) mass is 325 g/mol. The molecule has 1 aromatic heterocycles. The van der Waals surface area contributed by atoms with Gasteiger partial charge in [0, 0.05) is 24.2 Å². The van der Waals surface area contributed by atoms with Crippen molar-refractivity contribution in [2.24, 2.45) is 0 Å². The minimum Gasteiger partial charge on any atom is -0.439 e. The molecule has 3 heterocycles. The zero-order chi connectivity index (χ0) is 16.8. The molecule has 122 valence electrons. The van der Waals surface area contributed by atoms with Crippen LogP contribution >= 0.6 is 0 Å². The maximum absolute atomic E-state index is 12.7. The minimum atomic E-state index is -0.625. The van der Waals surface area contributed by atoms with Crippen molar-refractivity contribution in [1.82, 2.24) is 14.8 Å². The highest BCUT2D eigenvalue weighted by atomic mass is 16.6. The number of carbonyl (C=O) groups is 3. The maximum atomic E-state index is 12.7. The van der Waals surface area contributed by atoms with Gasteiger partial charge in [-0.1, -0.05) is 18.2 Å². The molecule has 0 bridgehead atoms. The Morgan fingerprint density at radius 2 is 2.00 bits per heavy atom. The number of hydrogen-bond donors (Lipinski definition) is 0. The SMILES string of the molecule is Cc1ccc2cccc(C(=O)N3CC(N4C(=O)COC4=O)C3)c2n1. The van der Waals surface area contributed by atoms with Crippen LogP contribution in [0.1, 0.15) is 16.1 Å². The Labute approximate surface area is 137 Å². The van der Waals surface area contributed by atoms with E-state index in [4.69, 9.17) is 4.74 Å². The van der Waals surface area contributed by atoms with E-state index in [-0.39, 0.29) is 24.5 Å². The van der Waals surface area contributed by atoms with E-state index in [1.54, 1.807) is 11.0 Å². The summed E-state index contributed by atoms with van der Waals surface area (Å²) in [5, 5.41) is 0.904. The Bertz CT molecular complexity index is 857. The number of aromatic nitrogens is 1. The first-order valence-electron chi connectivity index (χ1n) is 7.69. The summed E-state index contributed by atoms with van der Waals surface area (Å²) >= 11 is 0. The zero-order valence-corrected chi connectivity index (χ0v) is 13.1. The molecule has 0 radical (unpaired) electrons. The quantitative estimate of drug-likeness (QED) is 0.832. The van der Waals surface area contributed by atoms with Crippen molar-refractivity contribution >= 4 is 28.8 Å². The van der Waals surface area contributed by atoms with E-state index in [9.17, 15) is 14.4 Å². The first kappa shape index (κ1) is 14.6. The van der Waals surface area contributed by atoms with Crippen LogP contribution in [-0.2, 0) is 9.53 Å². The summed E-state index contributed by atoms with van der Waals surface area (Å²) in [5.74, 6) is -0.491. The van der Waals surface area contributed by atoms with Crippen LogP contribution in [0.3, 0.4) is 0 Å². The largest absolute Gasteiger partial charge is 0.439 e. The van der Waals surface area contributed by atoms with Crippen molar-refractivity contribution in [2.75, 3.05) is 19.7 Å². The molecule has 0 spiro atoms. The first-order valence-corrected chi connectivity index (χ1v) is 7.69. The molecular formula is C17H15N3O4. The van der Waals surface area contributed by atoms with Gasteiger partial charge in [-0.15, -0.1) is 0 Å². The summed E-state index contributed by atoms with van der Waals surface area (Å²) in [6, 6.07) is 9.02. The molecule has 1 aromatic carbocycles. The fraction of sp³-hybridized carbons (Fsp3) is 0.294. The Balaban J connectivity index is 1.55. The van der Waals surface area contributed by atoms with Gasteiger partial charge in [0.1, 0.15) is 0 Å². The summed E-state index contributed by atoms with van der Waals surface area (Å²) in [6.45, 7) is 2.31. The summed E-state index contributed by atoms with van der Waals surface area (Å²) < 4.78 is 4.71. The number of aryl methyl sites for hydroxylation is 1. The van der Waals surface area contributed by atoms with Gasteiger partial charge in [-0.05, 0) is 19.1 Å². The number of benzene rings is 1. The van der Waals surface area contributed by atoms with Crippen molar-refractivity contribution in [1.29, 1.82) is 0 Å². The normalized spacial score (nSPS) is 18.0. The molecule has 3 amide bonds. The second-order valence-corrected chi connectivity index (χ2v) is 6.01. The molecule has 7 nitrogen and oxygen atoms in total. The fourth-order valence-electron chi connectivity index (χ4n) is 3.09. The van der Waals surface area contributed by atoms with E-state index in [1.807, 2.05) is 31.2 Å². The lowest BCUT2D eigenvalue weighted by Crippen LogP contribution is -2.62. The molecule has 0 atom stereocenters. The van der Waals surface area contributed by atoms with Crippen LogP contribution in [0.5, 0.6) is 0 Å². The van der Waals surface area contributed by atoms with Crippen molar-refractivity contribution in [2.45, 2.75) is 13.0 Å². The van der Waals surface area contributed by atoms with Gasteiger partial charge in [-0.2, -0.15) is 0 Å². The number of carbonyl (C=O) groups excluding carboxylic acids is 3. The number of likely N-dealkylation sites (tertiary alicyclic amines) is 1. The van der Waals surface area contributed by atoms with E-state index >= 15 is 0 Å². The van der Waals surface area contributed by atoms with Gasteiger partial charge in [0.25, 0.3) is 11.8 Å². The van der Waals surface area contributed by atoms with E-state index < -0.39 is 6.09 Å².